The minimum atomic E-state index is -0.366. The van der Waals surface area contributed by atoms with Crippen LogP contribution in [0.5, 0.6) is 11.5 Å². The molecule has 0 aliphatic carbocycles. The molecule has 6 nitrogen and oxygen atoms in total. The van der Waals surface area contributed by atoms with Crippen molar-refractivity contribution < 1.29 is 14.3 Å². The van der Waals surface area contributed by atoms with Crippen molar-refractivity contribution in [3.05, 3.63) is 87.9 Å². The van der Waals surface area contributed by atoms with Gasteiger partial charge in [0.1, 0.15) is 4.99 Å². The van der Waals surface area contributed by atoms with Gasteiger partial charge < -0.3 is 19.7 Å². The van der Waals surface area contributed by atoms with Crippen molar-refractivity contribution in [2.24, 2.45) is 0 Å². The van der Waals surface area contributed by atoms with E-state index < -0.39 is 0 Å². The molecule has 1 amide bonds. The quantitative estimate of drug-likeness (QED) is 0.378. The number of amides is 1. The van der Waals surface area contributed by atoms with E-state index in [1.807, 2.05) is 18.2 Å². The van der Waals surface area contributed by atoms with Crippen molar-refractivity contribution in [3.63, 3.8) is 0 Å². The summed E-state index contributed by atoms with van der Waals surface area (Å²) in [6, 6.07) is 21.0. The molecule has 3 aromatic carbocycles. The Labute approximate surface area is 226 Å². The fourth-order valence-corrected chi connectivity index (χ4v) is 4.64. The maximum atomic E-state index is 12.4. The summed E-state index contributed by atoms with van der Waals surface area (Å²) in [4.78, 5) is 17.8. The van der Waals surface area contributed by atoms with Gasteiger partial charge in [0.2, 0.25) is 0 Å². The van der Waals surface area contributed by atoms with Gasteiger partial charge in [0, 0.05) is 38.3 Å². The van der Waals surface area contributed by atoms with Crippen molar-refractivity contribution in [2.75, 3.05) is 45.2 Å². The highest BCUT2D eigenvalue weighted by atomic mass is 35.5. The normalized spacial score (nSPS) is 13.8. The van der Waals surface area contributed by atoms with Crippen molar-refractivity contribution in [3.8, 4) is 11.5 Å². The fourth-order valence-electron chi connectivity index (χ4n) is 3.98. The number of hydrogen-bond acceptors (Lipinski definition) is 5. The SMILES string of the molecule is COc1cc(C(=S)N2CCN(Cc3ccccc3)CC2)ccc1OCC(=O)Nc1cccc(Cl)c1Cl. The van der Waals surface area contributed by atoms with Gasteiger partial charge in [-0.25, -0.2) is 0 Å². The summed E-state index contributed by atoms with van der Waals surface area (Å²) in [5, 5.41) is 3.34. The van der Waals surface area contributed by atoms with Gasteiger partial charge in [0.25, 0.3) is 5.91 Å². The van der Waals surface area contributed by atoms with Crippen LogP contribution in [0.4, 0.5) is 5.69 Å². The lowest BCUT2D eigenvalue weighted by Crippen LogP contribution is -2.48. The predicted molar refractivity (Wildman–Crippen MR) is 149 cm³/mol. The van der Waals surface area contributed by atoms with E-state index in [0.717, 1.165) is 43.3 Å². The van der Waals surface area contributed by atoms with E-state index in [1.165, 1.54) is 5.56 Å². The first kappa shape index (κ1) is 26.2. The number of anilines is 1. The maximum Gasteiger partial charge on any atom is 0.262 e. The summed E-state index contributed by atoms with van der Waals surface area (Å²) in [6.07, 6.45) is 0. The summed E-state index contributed by atoms with van der Waals surface area (Å²) in [5.74, 6) is 0.587. The molecule has 1 aliphatic rings. The molecule has 0 bridgehead atoms. The van der Waals surface area contributed by atoms with Gasteiger partial charge in [-0.2, -0.15) is 0 Å². The monoisotopic (exact) mass is 543 g/mol. The summed E-state index contributed by atoms with van der Waals surface area (Å²) in [5.41, 5.74) is 2.62. The third kappa shape index (κ3) is 6.68. The zero-order valence-electron chi connectivity index (χ0n) is 19.9. The number of rotatable bonds is 8. The molecule has 1 N–H and O–H groups in total. The number of halogens is 2. The van der Waals surface area contributed by atoms with Crippen LogP contribution in [0.2, 0.25) is 10.0 Å². The second kappa shape index (κ2) is 12.4. The van der Waals surface area contributed by atoms with Gasteiger partial charge in [0.05, 0.1) is 22.8 Å². The van der Waals surface area contributed by atoms with E-state index in [4.69, 9.17) is 44.9 Å². The molecule has 0 radical (unpaired) electrons. The molecule has 0 atom stereocenters. The third-order valence-electron chi connectivity index (χ3n) is 5.90. The average molecular weight is 545 g/mol. The van der Waals surface area contributed by atoms with Crippen LogP contribution in [0.1, 0.15) is 11.1 Å². The summed E-state index contributed by atoms with van der Waals surface area (Å²) >= 11 is 17.9. The number of ether oxygens (including phenoxy) is 2. The van der Waals surface area contributed by atoms with Gasteiger partial charge in [-0.05, 0) is 35.9 Å². The summed E-state index contributed by atoms with van der Waals surface area (Å²) in [6.45, 7) is 4.33. The molecule has 0 unspecified atom stereocenters. The highest BCUT2D eigenvalue weighted by Crippen LogP contribution is 2.31. The van der Waals surface area contributed by atoms with Crippen LogP contribution in [-0.2, 0) is 11.3 Å². The number of carbonyl (C=O) groups excluding carboxylic acids is 1. The Hall–Kier alpha value is -2.84. The molecular weight excluding hydrogens is 517 g/mol. The molecule has 188 valence electrons. The number of carbonyl (C=O) groups is 1. The Morgan fingerprint density at radius 3 is 2.44 bits per heavy atom. The second-order valence-electron chi connectivity index (χ2n) is 8.36. The van der Waals surface area contributed by atoms with Crippen LogP contribution in [0, 0.1) is 0 Å². The smallest absolute Gasteiger partial charge is 0.262 e. The molecule has 9 heteroatoms. The number of nitrogens with zero attached hydrogens (tertiary/aromatic N) is 2. The van der Waals surface area contributed by atoms with E-state index in [0.29, 0.717) is 22.2 Å². The summed E-state index contributed by atoms with van der Waals surface area (Å²) < 4.78 is 11.2. The van der Waals surface area contributed by atoms with Gasteiger partial charge in [-0.1, -0.05) is 71.8 Å². The van der Waals surface area contributed by atoms with Crippen LogP contribution in [0.25, 0.3) is 0 Å². The molecule has 1 saturated heterocycles. The van der Waals surface area contributed by atoms with Crippen molar-refractivity contribution in [1.82, 2.24) is 9.80 Å². The average Bonchev–Trinajstić information content (AvgIpc) is 2.90. The van der Waals surface area contributed by atoms with Crippen LogP contribution in [0.3, 0.4) is 0 Å². The lowest BCUT2D eigenvalue weighted by atomic mass is 10.1. The Morgan fingerprint density at radius 1 is 0.972 bits per heavy atom. The molecule has 1 fully saturated rings. The highest BCUT2D eigenvalue weighted by molar-refractivity contribution is 7.80. The molecule has 3 aromatic rings. The van der Waals surface area contributed by atoms with Gasteiger partial charge in [-0.15, -0.1) is 0 Å². The largest absolute Gasteiger partial charge is 0.493 e. The fraction of sp³-hybridized carbons (Fsp3) is 0.259. The first-order valence-corrected chi connectivity index (χ1v) is 12.7. The van der Waals surface area contributed by atoms with E-state index in [-0.39, 0.29) is 17.5 Å². The van der Waals surface area contributed by atoms with Gasteiger partial charge >= 0.3 is 0 Å². The van der Waals surface area contributed by atoms with Crippen LogP contribution in [-0.4, -0.2) is 60.6 Å². The Balaban J connectivity index is 1.32. The van der Waals surface area contributed by atoms with E-state index in [2.05, 4.69) is 39.4 Å². The van der Waals surface area contributed by atoms with Gasteiger partial charge in [0.15, 0.2) is 18.1 Å². The van der Waals surface area contributed by atoms with Crippen molar-refractivity contribution in [1.29, 1.82) is 0 Å². The maximum absolute atomic E-state index is 12.4. The molecule has 36 heavy (non-hydrogen) atoms. The number of methoxy groups -OCH3 is 1. The lowest BCUT2D eigenvalue weighted by Gasteiger charge is -2.36. The molecular formula is C27H27Cl2N3O3S. The summed E-state index contributed by atoms with van der Waals surface area (Å²) in [7, 11) is 1.56. The van der Waals surface area contributed by atoms with Crippen molar-refractivity contribution >= 4 is 52.0 Å². The molecule has 0 saturated carbocycles. The Morgan fingerprint density at radius 2 is 1.72 bits per heavy atom. The standard InChI is InChI=1S/C27H27Cl2N3O3S/c1-34-24-16-20(27(36)32-14-12-31(13-15-32)17-19-6-3-2-4-7-19)10-11-23(24)35-18-25(33)30-22-9-5-8-21(28)26(22)29/h2-11,16H,12-15,17-18H2,1H3,(H,30,33). The highest BCUT2D eigenvalue weighted by Gasteiger charge is 2.21. The minimum absolute atomic E-state index is 0.216. The van der Waals surface area contributed by atoms with Gasteiger partial charge in [-0.3, -0.25) is 9.69 Å². The number of thiocarbonyl (C=S) groups is 1. The van der Waals surface area contributed by atoms with E-state index in [1.54, 1.807) is 31.4 Å². The first-order valence-electron chi connectivity index (χ1n) is 11.5. The molecule has 0 spiro atoms. The van der Waals surface area contributed by atoms with Crippen LogP contribution < -0.4 is 14.8 Å². The molecule has 0 aromatic heterocycles. The second-order valence-corrected chi connectivity index (χ2v) is 9.53. The number of nitrogens with one attached hydrogen (secondary N) is 1. The molecule has 4 rings (SSSR count). The Bertz CT molecular complexity index is 1220. The third-order valence-corrected chi connectivity index (χ3v) is 7.22. The minimum Gasteiger partial charge on any atom is -0.493 e. The number of hydrogen-bond donors (Lipinski definition) is 1. The topological polar surface area (TPSA) is 54.0 Å². The predicted octanol–water partition coefficient (Wildman–Crippen LogP) is 5.51. The number of piperazine rings is 1. The van der Waals surface area contributed by atoms with Crippen LogP contribution in [0.15, 0.2) is 66.7 Å². The zero-order valence-corrected chi connectivity index (χ0v) is 22.2. The molecule has 1 aliphatic heterocycles. The first-order chi connectivity index (χ1) is 17.4. The van der Waals surface area contributed by atoms with Crippen LogP contribution >= 0.6 is 35.4 Å². The molecule has 1 heterocycles. The Kier molecular flexibility index (Phi) is 9.04. The van der Waals surface area contributed by atoms with E-state index >= 15 is 0 Å². The zero-order chi connectivity index (χ0) is 25.5. The number of benzene rings is 3. The lowest BCUT2D eigenvalue weighted by molar-refractivity contribution is -0.118. The van der Waals surface area contributed by atoms with Crippen molar-refractivity contribution in [2.45, 2.75) is 6.54 Å². The van der Waals surface area contributed by atoms with E-state index in [9.17, 15) is 4.79 Å².